The van der Waals surface area contributed by atoms with Crippen molar-refractivity contribution < 1.29 is 4.74 Å². The zero-order chi connectivity index (χ0) is 20.5. The summed E-state index contributed by atoms with van der Waals surface area (Å²) in [4.78, 5) is 3.73. The number of H-pyrrole nitrogens is 1. The highest BCUT2D eigenvalue weighted by atomic mass is 16.5. The summed E-state index contributed by atoms with van der Waals surface area (Å²) < 4.78 is 5.97. The first kappa shape index (κ1) is 19.0. The van der Waals surface area contributed by atoms with Gasteiger partial charge in [0.25, 0.3) is 0 Å². The molecule has 0 amide bonds. The summed E-state index contributed by atoms with van der Waals surface area (Å²) in [7, 11) is 0. The van der Waals surface area contributed by atoms with Gasteiger partial charge in [-0.25, -0.2) is 0 Å². The third-order valence-electron chi connectivity index (χ3n) is 6.12. The highest BCUT2D eigenvalue weighted by Crippen LogP contribution is 2.35. The summed E-state index contributed by atoms with van der Waals surface area (Å²) in [5.41, 5.74) is 9.27. The number of aryl methyl sites for hydroxylation is 2. The van der Waals surface area contributed by atoms with Crippen molar-refractivity contribution in [2.24, 2.45) is 0 Å². The molecule has 0 saturated carbocycles. The van der Waals surface area contributed by atoms with Crippen LogP contribution in [-0.4, -0.2) is 18.1 Å². The molecule has 2 N–H and O–H groups in total. The number of hydrogen-bond acceptors (Lipinski definition) is 2. The summed E-state index contributed by atoms with van der Waals surface area (Å²) in [6.07, 6.45) is 1.99. The molecule has 1 aromatic heterocycles. The maximum Gasteiger partial charge on any atom is 0.119 e. The minimum atomic E-state index is 0.194. The molecule has 4 aromatic rings. The quantitative estimate of drug-likeness (QED) is 0.458. The lowest BCUT2D eigenvalue weighted by molar-refractivity contribution is 0.322. The molecule has 0 aliphatic carbocycles. The minimum Gasteiger partial charge on any atom is -0.493 e. The Bertz CT molecular complexity index is 1160. The van der Waals surface area contributed by atoms with Crippen LogP contribution in [0.3, 0.4) is 0 Å². The topological polar surface area (TPSA) is 37.0 Å². The first-order valence-electron chi connectivity index (χ1n) is 10.8. The van der Waals surface area contributed by atoms with Crippen LogP contribution in [0.2, 0.25) is 0 Å². The standard InChI is InChI=1S/C27H28N2O/c1-18-16-19(2)25-24(17-18)23-12-14-28-26(27(23)29-25)21-8-10-22(11-9-21)30-15-13-20-6-4-3-5-7-20/h3-11,16-17,26,28-29H,12-15H2,1-2H3. The molecule has 3 aromatic carbocycles. The molecule has 0 fully saturated rings. The fourth-order valence-corrected chi connectivity index (χ4v) is 4.66. The van der Waals surface area contributed by atoms with Gasteiger partial charge in [0, 0.05) is 29.6 Å². The molecule has 3 nitrogen and oxygen atoms in total. The van der Waals surface area contributed by atoms with Crippen LogP contribution in [0.4, 0.5) is 0 Å². The molecule has 1 aliphatic heterocycles. The molecule has 0 bridgehead atoms. The molecule has 1 unspecified atom stereocenters. The monoisotopic (exact) mass is 396 g/mol. The first-order chi connectivity index (χ1) is 14.7. The molecule has 0 radical (unpaired) electrons. The van der Waals surface area contributed by atoms with Gasteiger partial charge in [0.15, 0.2) is 0 Å². The van der Waals surface area contributed by atoms with Gasteiger partial charge >= 0.3 is 0 Å². The van der Waals surface area contributed by atoms with Crippen LogP contribution in [0.25, 0.3) is 10.9 Å². The Morgan fingerprint density at radius 1 is 0.967 bits per heavy atom. The fourth-order valence-electron chi connectivity index (χ4n) is 4.66. The third-order valence-corrected chi connectivity index (χ3v) is 6.12. The minimum absolute atomic E-state index is 0.194. The van der Waals surface area contributed by atoms with Crippen molar-refractivity contribution >= 4 is 10.9 Å². The van der Waals surface area contributed by atoms with Gasteiger partial charge < -0.3 is 15.0 Å². The predicted molar refractivity (Wildman–Crippen MR) is 123 cm³/mol. The van der Waals surface area contributed by atoms with Crippen molar-refractivity contribution in [2.75, 3.05) is 13.2 Å². The Kier molecular flexibility index (Phi) is 5.06. The van der Waals surface area contributed by atoms with Crippen molar-refractivity contribution in [3.8, 4) is 5.75 Å². The Morgan fingerprint density at radius 3 is 2.57 bits per heavy atom. The molecular weight excluding hydrogens is 368 g/mol. The van der Waals surface area contributed by atoms with Crippen LogP contribution in [0.1, 0.15) is 39.6 Å². The Labute approximate surface area is 178 Å². The zero-order valence-corrected chi connectivity index (χ0v) is 17.7. The number of nitrogens with one attached hydrogen (secondary N) is 2. The number of benzene rings is 3. The largest absolute Gasteiger partial charge is 0.493 e. The third kappa shape index (κ3) is 3.61. The predicted octanol–water partition coefficient (Wildman–Crippen LogP) is 5.64. The summed E-state index contributed by atoms with van der Waals surface area (Å²) in [5, 5.41) is 5.08. The van der Waals surface area contributed by atoms with E-state index in [1.54, 1.807) is 0 Å². The number of rotatable bonds is 5. The molecule has 1 aliphatic rings. The Balaban J connectivity index is 1.35. The molecular formula is C27H28N2O. The second-order valence-corrected chi connectivity index (χ2v) is 8.31. The van der Waals surface area contributed by atoms with Crippen LogP contribution < -0.4 is 10.1 Å². The number of aromatic amines is 1. The van der Waals surface area contributed by atoms with E-state index in [0.717, 1.165) is 25.1 Å². The van der Waals surface area contributed by atoms with Gasteiger partial charge in [0.1, 0.15) is 5.75 Å². The first-order valence-corrected chi connectivity index (χ1v) is 10.8. The van der Waals surface area contributed by atoms with Gasteiger partial charge in [0.2, 0.25) is 0 Å². The maximum absolute atomic E-state index is 5.97. The van der Waals surface area contributed by atoms with Crippen LogP contribution in [0, 0.1) is 13.8 Å². The SMILES string of the molecule is Cc1cc(C)c2[nH]c3c(c2c1)CCNC3c1ccc(OCCc2ccccc2)cc1. The van der Waals surface area contributed by atoms with E-state index >= 15 is 0 Å². The number of fused-ring (bicyclic) bond motifs is 3. The number of aromatic nitrogens is 1. The smallest absolute Gasteiger partial charge is 0.119 e. The van der Waals surface area contributed by atoms with E-state index in [4.69, 9.17) is 4.74 Å². The van der Waals surface area contributed by atoms with Crippen LogP contribution in [-0.2, 0) is 12.8 Å². The Hall–Kier alpha value is -3.04. The van der Waals surface area contributed by atoms with E-state index in [9.17, 15) is 0 Å². The van der Waals surface area contributed by atoms with Crippen molar-refractivity contribution in [3.63, 3.8) is 0 Å². The van der Waals surface area contributed by atoms with Gasteiger partial charge in [-0.2, -0.15) is 0 Å². The Morgan fingerprint density at radius 2 is 1.77 bits per heavy atom. The van der Waals surface area contributed by atoms with E-state index in [1.807, 2.05) is 6.07 Å². The molecule has 152 valence electrons. The lowest BCUT2D eigenvalue weighted by Crippen LogP contribution is -2.30. The highest BCUT2D eigenvalue weighted by molar-refractivity contribution is 5.88. The fraction of sp³-hybridized carbons (Fsp3) is 0.259. The summed E-state index contributed by atoms with van der Waals surface area (Å²) in [6, 6.07) is 23.8. The molecule has 3 heteroatoms. The van der Waals surface area contributed by atoms with E-state index in [0.29, 0.717) is 6.61 Å². The van der Waals surface area contributed by atoms with Gasteiger partial charge in [-0.3, -0.25) is 0 Å². The summed E-state index contributed by atoms with van der Waals surface area (Å²) in [5.74, 6) is 0.925. The van der Waals surface area contributed by atoms with E-state index in [1.165, 1.54) is 44.4 Å². The molecule has 2 heterocycles. The van der Waals surface area contributed by atoms with E-state index in [2.05, 4.69) is 84.8 Å². The molecule has 0 spiro atoms. The van der Waals surface area contributed by atoms with E-state index < -0.39 is 0 Å². The summed E-state index contributed by atoms with van der Waals surface area (Å²) >= 11 is 0. The number of ether oxygens (including phenoxy) is 1. The van der Waals surface area contributed by atoms with Crippen LogP contribution in [0.15, 0.2) is 66.7 Å². The second-order valence-electron chi connectivity index (χ2n) is 8.31. The van der Waals surface area contributed by atoms with Gasteiger partial charge in [0.05, 0.1) is 12.6 Å². The van der Waals surface area contributed by atoms with E-state index in [-0.39, 0.29) is 6.04 Å². The van der Waals surface area contributed by atoms with Crippen molar-refractivity contribution in [1.82, 2.24) is 10.3 Å². The molecule has 30 heavy (non-hydrogen) atoms. The lowest BCUT2D eigenvalue weighted by atomic mass is 9.93. The van der Waals surface area contributed by atoms with Crippen LogP contribution >= 0.6 is 0 Å². The van der Waals surface area contributed by atoms with Gasteiger partial charge in [-0.15, -0.1) is 0 Å². The lowest BCUT2D eigenvalue weighted by Gasteiger charge is -2.25. The van der Waals surface area contributed by atoms with Gasteiger partial charge in [-0.1, -0.05) is 54.1 Å². The second kappa shape index (κ2) is 8.00. The maximum atomic E-state index is 5.97. The van der Waals surface area contributed by atoms with Crippen molar-refractivity contribution in [2.45, 2.75) is 32.7 Å². The molecule has 5 rings (SSSR count). The number of hydrogen-bond donors (Lipinski definition) is 2. The zero-order valence-electron chi connectivity index (χ0n) is 17.7. The average molecular weight is 397 g/mol. The van der Waals surface area contributed by atoms with Crippen LogP contribution in [0.5, 0.6) is 5.75 Å². The summed E-state index contributed by atoms with van der Waals surface area (Å²) in [6.45, 7) is 6.06. The van der Waals surface area contributed by atoms with Gasteiger partial charge in [-0.05, 0) is 60.7 Å². The normalized spacial score (nSPS) is 15.9. The molecule has 1 atom stereocenters. The highest BCUT2D eigenvalue weighted by Gasteiger charge is 2.25. The van der Waals surface area contributed by atoms with Crippen molar-refractivity contribution in [3.05, 3.63) is 100 Å². The average Bonchev–Trinajstić information content (AvgIpc) is 3.14. The molecule has 0 saturated heterocycles. The van der Waals surface area contributed by atoms with Crippen molar-refractivity contribution in [1.29, 1.82) is 0 Å².